The van der Waals surface area contributed by atoms with Crippen LogP contribution in [0.2, 0.25) is 0 Å². The number of carbonyl (C=O) groups excluding carboxylic acids is 1. The van der Waals surface area contributed by atoms with E-state index in [-0.39, 0.29) is 17.6 Å². The summed E-state index contributed by atoms with van der Waals surface area (Å²) in [7, 11) is 0. The zero-order valence-corrected chi connectivity index (χ0v) is 9.65. The van der Waals surface area contributed by atoms with E-state index in [0.29, 0.717) is 5.56 Å². The second-order valence-electron chi connectivity index (χ2n) is 3.50. The summed E-state index contributed by atoms with van der Waals surface area (Å²) >= 11 is 0. The number of furan rings is 1. The van der Waals surface area contributed by atoms with Gasteiger partial charge in [-0.05, 0) is 18.2 Å². The molecule has 2 aromatic rings. The van der Waals surface area contributed by atoms with Gasteiger partial charge >= 0.3 is 5.88 Å². The van der Waals surface area contributed by atoms with Crippen molar-refractivity contribution in [3.05, 3.63) is 63.9 Å². The molecule has 1 aromatic carbocycles. The molecule has 0 unspecified atom stereocenters. The van der Waals surface area contributed by atoms with E-state index in [1.807, 2.05) is 0 Å². The zero-order chi connectivity index (χ0) is 13.7. The number of nitrogens with one attached hydrogen (secondary N) is 1. The topological polar surface area (TPSA) is 97.7 Å². The monoisotopic (exact) mass is 259 g/mol. The molecule has 1 N–H and O–H groups in total. The van der Waals surface area contributed by atoms with Gasteiger partial charge in [0.25, 0.3) is 5.91 Å². The van der Waals surface area contributed by atoms with Crippen molar-refractivity contribution in [2.75, 3.05) is 0 Å². The summed E-state index contributed by atoms with van der Waals surface area (Å²) in [5, 5.41) is 14.0. The molecule has 7 nitrogen and oxygen atoms in total. The minimum atomic E-state index is -0.653. The highest BCUT2D eigenvalue weighted by molar-refractivity contribution is 5.94. The number of carbonyl (C=O) groups is 1. The summed E-state index contributed by atoms with van der Waals surface area (Å²) in [5.74, 6) is -0.575. The smallest absolute Gasteiger partial charge is 0.400 e. The van der Waals surface area contributed by atoms with E-state index < -0.39 is 4.92 Å². The lowest BCUT2D eigenvalue weighted by molar-refractivity contribution is -0.402. The van der Waals surface area contributed by atoms with Gasteiger partial charge in [-0.2, -0.15) is 5.10 Å². The Morgan fingerprint density at radius 1 is 1.26 bits per heavy atom. The summed E-state index contributed by atoms with van der Waals surface area (Å²) in [4.78, 5) is 21.3. The van der Waals surface area contributed by atoms with Crippen LogP contribution in [0.4, 0.5) is 5.88 Å². The maximum absolute atomic E-state index is 11.6. The minimum absolute atomic E-state index is 0.181. The van der Waals surface area contributed by atoms with Crippen LogP contribution in [0.5, 0.6) is 0 Å². The lowest BCUT2D eigenvalue weighted by Gasteiger charge is -1.97. The number of rotatable bonds is 4. The molecule has 7 heteroatoms. The van der Waals surface area contributed by atoms with Gasteiger partial charge < -0.3 is 4.42 Å². The van der Waals surface area contributed by atoms with E-state index >= 15 is 0 Å². The van der Waals surface area contributed by atoms with Gasteiger partial charge in [0.1, 0.15) is 4.92 Å². The molecule has 0 spiro atoms. The summed E-state index contributed by atoms with van der Waals surface area (Å²) in [6.45, 7) is 0. The molecule has 0 saturated carbocycles. The fourth-order valence-electron chi connectivity index (χ4n) is 1.32. The summed E-state index contributed by atoms with van der Waals surface area (Å²) in [5.41, 5.74) is 2.75. The highest BCUT2D eigenvalue weighted by Crippen LogP contribution is 2.13. The Kier molecular flexibility index (Phi) is 3.67. The van der Waals surface area contributed by atoms with E-state index in [1.54, 1.807) is 30.3 Å². The Labute approximate surface area is 107 Å². The Bertz CT molecular complexity index is 619. The molecule has 19 heavy (non-hydrogen) atoms. The number of amides is 1. The third kappa shape index (κ3) is 3.25. The average Bonchev–Trinajstić information content (AvgIpc) is 2.89. The molecule has 0 aliphatic carbocycles. The van der Waals surface area contributed by atoms with Crippen LogP contribution >= 0.6 is 0 Å². The molecule has 1 heterocycles. The van der Waals surface area contributed by atoms with E-state index in [9.17, 15) is 14.9 Å². The molecule has 1 amide bonds. The van der Waals surface area contributed by atoms with Gasteiger partial charge in [0.2, 0.25) is 0 Å². The van der Waals surface area contributed by atoms with Crippen molar-refractivity contribution >= 4 is 18.0 Å². The highest BCUT2D eigenvalue weighted by atomic mass is 16.6. The van der Waals surface area contributed by atoms with E-state index in [2.05, 4.69) is 10.5 Å². The van der Waals surface area contributed by atoms with E-state index in [0.717, 1.165) is 0 Å². The molecular formula is C12H9N3O4. The Morgan fingerprint density at radius 2 is 2.00 bits per heavy atom. The van der Waals surface area contributed by atoms with Crippen molar-refractivity contribution in [2.24, 2.45) is 5.10 Å². The highest BCUT2D eigenvalue weighted by Gasteiger charge is 2.10. The molecule has 0 atom stereocenters. The van der Waals surface area contributed by atoms with Crippen molar-refractivity contribution in [3.8, 4) is 0 Å². The maximum Gasteiger partial charge on any atom is 0.433 e. The molecule has 1 aromatic heterocycles. The van der Waals surface area contributed by atoms with Crippen LogP contribution in [0.15, 0.2) is 52.0 Å². The molecule has 2 rings (SSSR count). The molecular weight excluding hydrogens is 250 g/mol. The number of hydrazone groups is 1. The molecule has 0 saturated heterocycles. The molecule has 0 aliphatic rings. The van der Waals surface area contributed by atoms with Gasteiger partial charge in [-0.3, -0.25) is 14.9 Å². The van der Waals surface area contributed by atoms with Crippen LogP contribution in [0.25, 0.3) is 0 Å². The predicted octanol–water partition coefficient (Wildman–Crippen LogP) is 1.95. The second-order valence-corrected chi connectivity index (χ2v) is 3.50. The third-order valence-electron chi connectivity index (χ3n) is 2.19. The maximum atomic E-state index is 11.6. The zero-order valence-electron chi connectivity index (χ0n) is 9.65. The first-order valence-corrected chi connectivity index (χ1v) is 5.29. The lowest BCUT2D eigenvalue weighted by Crippen LogP contribution is -2.17. The van der Waals surface area contributed by atoms with E-state index in [4.69, 9.17) is 4.42 Å². The number of hydrogen-bond acceptors (Lipinski definition) is 5. The van der Waals surface area contributed by atoms with Gasteiger partial charge in [0.15, 0.2) is 5.76 Å². The second kappa shape index (κ2) is 5.58. The molecule has 0 bridgehead atoms. The van der Waals surface area contributed by atoms with Crippen molar-refractivity contribution in [1.82, 2.24) is 5.43 Å². The average molecular weight is 259 g/mol. The number of benzene rings is 1. The number of nitrogens with zero attached hydrogens (tertiary/aromatic N) is 2. The van der Waals surface area contributed by atoms with Crippen molar-refractivity contribution in [3.63, 3.8) is 0 Å². The van der Waals surface area contributed by atoms with E-state index in [1.165, 1.54) is 18.3 Å². The molecule has 0 aliphatic heterocycles. The Morgan fingerprint density at radius 3 is 2.63 bits per heavy atom. The fraction of sp³-hybridized carbons (Fsp3) is 0. The van der Waals surface area contributed by atoms with Crippen LogP contribution in [-0.4, -0.2) is 17.0 Å². The van der Waals surface area contributed by atoms with Gasteiger partial charge in [-0.1, -0.05) is 18.2 Å². The van der Waals surface area contributed by atoms with Crippen LogP contribution in [0, 0.1) is 10.1 Å². The first-order chi connectivity index (χ1) is 9.16. The Hall–Kier alpha value is -2.96. The quantitative estimate of drug-likeness (QED) is 0.515. The summed E-state index contributed by atoms with van der Waals surface area (Å²) in [6.07, 6.45) is 1.19. The lowest BCUT2D eigenvalue weighted by atomic mass is 10.2. The van der Waals surface area contributed by atoms with Gasteiger partial charge in [-0.15, -0.1) is 0 Å². The summed E-state index contributed by atoms with van der Waals surface area (Å²) in [6, 6.07) is 11.1. The van der Waals surface area contributed by atoms with Crippen LogP contribution in [-0.2, 0) is 0 Å². The number of nitro groups is 1. The van der Waals surface area contributed by atoms with Gasteiger partial charge in [0, 0.05) is 5.56 Å². The minimum Gasteiger partial charge on any atom is -0.400 e. The van der Waals surface area contributed by atoms with Crippen LogP contribution in [0.3, 0.4) is 0 Å². The van der Waals surface area contributed by atoms with Crippen molar-refractivity contribution < 1.29 is 14.1 Å². The first-order valence-electron chi connectivity index (χ1n) is 5.29. The molecule has 0 fully saturated rings. The van der Waals surface area contributed by atoms with Crippen molar-refractivity contribution in [1.29, 1.82) is 0 Å². The first kappa shape index (κ1) is 12.5. The Balaban J connectivity index is 1.96. The normalized spacial score (nSPS) is 10.5. The number of hydrogen-bond donors (Lipinski definition) is 1. The van der Waals surface area contributed by atoms with Gasteiger partial charge in [-0.25, -0.2) is 5.43 Å². The fourth-order valence-corrected chi connectivity index (χ4v) is 1.32. The standard InChI is InChI=1S/C12H9N3O4/c16-12(9-4-2-1-3-5-9)14-13-8-10-6-7-11(19-10)15(17)18/h1-8H,(H,14,16)/b13-8+. The van der Waals surface area contributed by atoms with Crippen LogP contribution in [0.1, 0.15) is 16.1 Å². The SMILES string of the molecule is O=C(N/N=C/c1ccc([N+](=O)[O-])o1)c1ccccc1. The largest absolute Gasteiger partial charge is 0.433 e. The van der Waals surface area contributed by atoms with Gasteiger partial charge in [0.05, 0.1) is 12.3 Å². The third-order valence-corrected chi connectivity index (χ3v) is 2.19. The predicted molar refractivity (Wildman–Crippen MR) is 66.9 cm³/mol. The summed E-state index contributed by atoms with van der Waals surface area (Å²) < 4.78 is 4.83. The molecule has 0 radical (unpaired) electrons. The van der Waals surface area contributed by atoms with Crippen LogP contribution < -0.4 is 5.43 Å². The molecule has 96 valence electrons. The van der Waals surface area contributed by atoms with Crippen molar-refractivity contribution in [2.45, 2.75) is 0 Å².